The number of rotatable bonds is 8. The highest BCUT2D eigenvalue weighted by molar-refractivity contribution is 6.62. The van der Waals surface area contributed by atoms with Crippen LogP contribution in [0.3, 0.4) is 0 Å². The molecule has 0 amide bonds. The Morgan fingerprint density at radius 2 is 0.491 bits per heavy atom. The van der Waals surface area contributed by atoms with Gasteiger partial charge in [0, 0.05) is 38.6 Å². The molecule has 0 saturated carbocycles. The molecule has 10 heteroatoms. The number of fused-ring (bicyclic) bond motifs is 18. The standard InChI is InChI=1S/C49H35N3.C34H33BO2.C21H14ClN3.2CH4/c1-48(2)41-24-11-13-26-43(41)49(44-27-14-12-25-42(44)48)39-23-10-9-22-37(39)38-31-36(28-29-40(38)49)47-51-45(33-18-7-4-8-19-33)50-46(52-47)35-21-15-20-34(30-35)32-16-5-3-6-17-32;1-31(2)27-15-9-11-17-29(27)34(30-18-12-10-16-28(30)31)25-14-8-7-13-23(25)24-21-22(19-20-26(24)34)35-36-32(3,4)33(5,6)37-35;22-21-24-19(16-10-5-2-6-11-16)23-20(25-21)18-13-7-12-17(14-18)15-8-3-1-4-9-15;;/h3-31H,1-2H3;7-21H,1-6H3;1-14H;2*1H4. The summed E-state index contributed by atoms with van der Waals surface area (Å²) in [6.45, 7) is 17.9. The summed E-state index contributed by atoms with van der Waals surface area (Å²) < 4.78 is 12.9. The summed E-state index contributed by atoms with van der Waals surface area (Å²) >= 11 is 6.14. The maximum Gasteiger partial charge on any atom is 0.494 e. The second-order valence-corrected chi connectivity index (χ2v) is 32.7. The van der Waals surface area contributed by atoms with Gasteiger partial charge in [0.25, 0.3) is 0 Å². The maximum atomic E-state index is 6.45. The number of halogens is 1. The molecule has 14 aromatic carbocycles. The first-order valence-electron chi connectivity index (χ1n) is 39.3. The van der Waals surface area contributed by atoms with Crippen LogP contribution in [0.2, 0.25) is 5.28 Å². The molecule has 8 nitrogen and oxygen atoms in total. The second kappa shape index (κ2) is 29.6. The number of nitrogens with zero attached hydrogens (tertiary/aromatic N) is 6. The van der Waals surface area contributed by atoms with Crippen molar-refractivity contribution in [1.29, 1.82) is 0 Å². The Morgan fingerprint density at radius 3 is 0.879 bits per heavy atom. The zero-order valence-electron chi connectivity index (χ0n) is 64.9. The number of hydrogen-bond acceptors (Lipinski definition) is 8. The van der Waals surface area contributed by atoms with Crippen molar-refractivity contribution in [2.24, 2.45) is 0 Å². The highest BCUT2D eigenvalue weighted by Gasteiger charge is 2.57. The maximum absolute atomic E-state index is 6.45. The lowest BCUT2D eigenvalue weighted by atomic mass is 9.55. The van der Waals surface area contributed by atoms with E-state index in [9.17, 15) is 0 Å². The predicted octanol–water partition coefficient (Wildman–Crippen LogP) is 25.3. The van der Waals surface area contributed by atoms with Gasteiger partial charge in [0.15, 0.2) is 29.1 Å². The van der Waals surface area contributed by atoms with Crippen molar-refractivity contribution in [2.75, 3.05) is 0 Å². The quantitative estimate of drug-likeness (QED) is 0.139. The van der Waals surface area contributed by atoms with E-state index in [1.165, 1.54) is 89.0 Å². The van der Waals surface area contributed by atoms with E-state index in [-0.39, 0.29) is 54.7 Å². The van der Waals surface area contributed by atoms with Crippen molar-refractivity contribution >= 4 is 24.2 Å². The van der Waals surface area contributed by atoms with Crippen LogP contribution in [0.25, 0.3) is 101 Å². The van der Waals surface area contributed by atoms with Crippen molar-refractivity contribution < 1.29 is 9.31 Å². The molecule has 5 aliphatic rings. The van der Waals surface area contributed by atoms with Crippen molar-refractivity contribution in [2.45, 2.75) is 103 Å². The second-order valence-electron chi connectivity index (χ2n) is 32.4. The monoisotopic (exact) mass is 1520 g/mol. The largest absolute Gasteiger partial charge is 0.494 e. The Morgan fingerprint density at radius 1 is 0.224 bits per heavy atom. The third-order valence-electron chi connectivity index (χ3n) is 24.7. The van der Waals surface area contributed by atoms with Crippen LogP contribution < -0.4 is 5.46 Å². The zero-order chi connectivity index (χ0) is 77.7. The van der Waals surface area contributed by atoms with E-state index in [2.05, 4.69) is 337 Å². The van der Waals surface area contributed by atoms with Crippen LogP contribution in [-0.2, 0) is 31.0 Å². The zero-order valence-corrected chi connectivity index (χ0v) is 65.7. The molecule has 2 spiro atoms. The van der Waals surface area contributed by atoms with E-state index in [1.807, 2.05) is 84.9 Å². The Labute approximate surface area is 687 Å². The van der Waals surface area contributed by atoms with Crippen molar-refractivity contribution in [3.8, 4) is 101 Å². The fourth-order valence-electron chi connectivity index (χ4n) is 18.5. The average Bonchev–Trinajstić information content (AvgIpc) is 1.48. The summed E-state index contributed by atoms with van der Waals surface area (Å²) in [5.74, 6) is 3.09. The third-order valence-corrected chi connectivity index (χ3v) is 24.8. The lowest BCUT2D eigenvalue weighted by molar-refractivity contribution is 0.00578. The van der Waals surface area contributed by atoms with Crippen LogP contribution in [0.5, 0.6) is 0 Å². The molecular formula is C106H90BClN6O2. The van der Waals surface area contributed by atoms with E-state index in [0.29, 0.717) is 29.1 Å². The first kappa shape index (κ1) is 76.0. The molecule has 0 atom stereocenters. The van der Waals surface area contributed by atoms with Crippen LogP contribution in [0.15, 0.2) is 352 Å². The van der Waals surface area contributed by atoms with Gasteiger partial charge in [-0.15, -0.1) is 0 Å². The molecule has 1 aliphatic heterocycles. The van der Waals surface area contributed by atoms with Gasteiger partial charge in [-0.3, -0.25) is 0 Å². The molecule has 116 heavy (non-hydrogen) atoms. The van der Waals surface area contributed by atoms with Crippen molar-refractivity contribution in [3.63, 3.8) is 0 Å². The molecule has 21 rings (SSSR count). The average molecular weight is 1530 g/mol. The Bertz CT molecular complexity index is 6310. The van der Waals surface area contributed by atoms with Crippen LogP contribution >= 0.6 is 11.6 Å². The minimum absolute atomic E-state index is 0. The minimum atomic E-state index is -0.440. The summed E-state index contributed by atoms with van der Waals surface area (Å²) in [6.07, 6.45) is 0. The Kier molecular flexibility index (Phi) is 19.4. The van der Waals surface area contributed by atoms with Gasteiger partial charge < -0.3 is 9.31 Å². The van der Waals surface area contributed by atoms with Crippen molar-refractivity contribution in [1.82, 2.24) is 29.9 Å². The minimum Gasteiger partial charge on any atom is -0.399 e. The first-order chi connectivity index (χ1) is 55.4. The number of benzene rings is 14. The predicted molar refractivity (Wildman–Crippen MR) is 477 cm³/mol. The molecule has 2 aromatic heterocycles. The van der Waals surface area contributed by atoms with E-state index in [1.54, 1.807) is 0 Å². The molecule has 1 fully saturated rings. The van der Waals surface area contributed by atoms with E-state index in [4.69, 9.17) is 35.9 Å². The molecule has 0 N–H and O–H groups in total. The normalized spacial score (nSPS) is 15.3. The Hall–Kier alpha value is -12.6. The summed E-state index contributed by atoms with van der Waals surface area (Å²) in [5.41, 5.74) is 29.8. The smallest absolute Gasteiger partial charge is 0.399 e. The summed E-state index contributed by atoms with van der Waals surface area (Å²) in [6, 6.07) is 125. The topological polar surface area (TPSA) is 95.8 Å². The van der Waals surface area contributed by atoms with Crippen LogP contribution in [0, 0.1) is 0 Å². The highest BCUT2D eigenvalue weighted by Crippen LogP contribution is 2.64. The lowest BCUT2D eigenvalue weighted by Crippen LogP contribution is -2.41. The van der Waals surface area contributed by atoms with Gasteiger partial charge in [0.05, 0.1) is 22.0 Å². The number of aromatic nitrogens is 6. The van der Waals surface area contributed by atoms with Gasteiger partial charge in [-0.05, 0) is 174 Å². The van der Waals surface area contributed by atoms with Crippen LogP contribution in [0.4, 0.5) is 0 Å². The van der Waals surface area contributed by atoms with Gasteiger partial charge in [-0.1, -0.05) is 376 Å². The molecule has 4 aliphatic carbocycles. The van der Waals surface area contributed by atoms with Gasteiger partial charge in [0.2, 0.25) is 5.28 Å². The molecule has 0 radical (unpaired) electrons. The molecule has 1 saturated heterocycles. The van der Waals surface area contributed by atoms with Gasteiger partial charge in [-0.25, -0.2) is 19.9 Å². The molecular weight excluding hydrogens is 1440 g/mol. The summed E-state index contributed by atoms with van der Waals surface area (Å²) in [4.78, 5) is 28.5. The number of hydrogen-bond donors (Lipinski definition) is 0. The highest BCUT2D eigenvalue weighted by atomic mass is 35.5. The fourth-order valence-corrected chi connectivity index (χ4v) is 18.7. The summed E-state index contributed by atoms with van der Waals surface area (Å²) in [5, 5.41) is 0.189. The van der Waals surface area contributed by atoms with Gasteiger partial charge in [0.1, 0.15) is 0 Å². The molecule has 16 aromatic rings. The van der Waals surface area contributed by atoms with E-state index >= 15 is 0 Å². The van der Waals surface area contributed by atoms with Crippen LogP contribution in [0.1, 0.15) is 137 Å². The molecule has 0 unspecified atom stereocenters. The van der Waals surface area contributed by atoms with Crippen molar-refractivity contribution in [3.05, 3.63) is 424 Å². The lowest BCUT2D eigenvalue weighted by Gasteiger charge is -2.46. The van der Waals surface area contributed by atoms with Crippen LogP contribution in [-0.4, -0.2) is 48.2 Å². The fraction of sp³-hybridized carbons (Fsp3) is 0.151. The van der Waals surface area contributed by atoms with E-state index in [0.717, 1.165) is 55.5 Å². The Balaban J connectivity index is 0.000000132. The first-order valence-corrected chi connectivity index (χ1v) is 39.6. The van der Waals surface area contributed by atoms with Gasteiger partial charge in [-0.2, -0.15) is 9.97 Å². The van der Waals surface area contributed by atoms with Gasteiger partial charge >= 0.3 is 7.12 Å². The third kappa shape index (κ3) is 12.5. The molecule has 566 valence electrons. The molecule has 3 heterocycles. The summed E-state index contributed by atoms with van der Waals surface area (Å²) in [7, 11) is -0.385. The SMILES string of the molecule is C.C.CC1(C)c2ccccc2C2(c3ccccc3-c3cc(-c4nc(-c5ccccc5)nc(-c5cccc(-c6ccccc6)c5)n4)ccc32)c2ccccc21.CC1(C)c2ccccc2C2(c3ccccc3-c3cc(B4OC(C)(C)C(C)(C)O4)ccc32)c2ccccc21.Clc1nc(-c2ccccc2)nc(-c2cccc(-c3ccccc3)c2)n1. The molecule has 0 bridgehead atoms. The van der Waals surface area contributed by atoms with E-state index < -0.39 is 5.41 Å².